The molecule has 0 saturated carbocycles. The summed E-state index contributed by atoms with van der Waals surface area (Å²) in [5, 5.41) is 0.940. The molecule has 2 N–H and O–H groups in total. The van der Waals surface area contributed by atoms with Crippen LogP contribution >= 0.6 is 11.5 Å². The fourth-order valence-electron chi connectivity index (χ4n) is 2.70. The van der Waals surface area contributed by atoms with Crippen LogP contribution in [-0.2, 0) is 4.79 Å². The lowest BCUT2D eigenvalue weighted by atomic mass is 10.0. The van der Waals surface area contributed by atoms with Gasteiger partial charge in [-0.05, 0) is 12.5 Å². The van der Waals surface area contributed by atoms with Gasteiger partial charge in [-0.3, -0.25) is 4.79 Å². The van der Waals surface area contributed by atoms with Gasteiger partial charge in [-0.2, -0.15) is 4.37 Å². The zero-order valence-corrected chi connectivity index (χ0v) is 14.0. The highest BCUT2D eigenvalue weighted by molar-refractivity contribution is 7.09. The van der Waals surface area contributed by atoms with E-state index in [0.717, 1.165) is 29.6 Å². The van der Waals surface area contributed by atoms with Crippen LogP contribution in [0, 0.1) is 6.92 Å². The number of hydrogen-bond acceptors (Lipinski definition) is 6. The molecule has 0 spiro atoms. The Morgan fingerprint density at radius 1 is 1.26 bits per heavy atom. The average molecular weight is 331 g/mol. The van der Waals surface area contributed by atoms with E-state index in [9.17, 15) is 4.79 Å². The molecule has 3 rings (SSSR count). The normalized spacial score (nSPS) is 16.4. The van der Waals surface area contributed by atoms with Crippen molar-refractivity contribution in [2.75, 3.05) is 31.1 Å². The molecule has 1 unspecified atom stereocenters. The number of aromatic nitrogens is 2. The summed E-state index contributed by atoms with van der Waals surface area (Å²) < 4.78 is 4.21. The van der Waals surface area contributed by atoms with E-state index in [1.54, 1.807) is 0 Å². The Balaban J connectivity index is 1.52. The molecular weight excluding hydrogens is 310 g/mol. The maximum Gasteiger partial charge on any atom is 0.224 e. The van der Waals surface area contributed by atoms with Gasteiger partial charge in [0.25, 0.3) is 0 Å². The first kappa shape index (κ1) is 15.9. The predicted molar refractivity (Wildman–Crippen MR) is 91.4 cm³/mol. The Morgan fingerprint density at radius 3 is 2.57 bits per heavy atom. The summed E-state index contributed by atoms with van der Waals surface area (Å²) >= 11 is 1.41. The summed E-state index contributed by atoms with van der Waals surface area (Å²) in [7, 11) is 0. The van der Waals surface area contributed by atoms with Gasteiger partial charge in [0.15, 0.2) is 0 Å². The number of nitrogens with two attached hydrogens (primary N) is 1. The lowest BCUT2D eigenvalue weighted by molar-refractivity contribution is -0.131. The van der Waals surface area contributed by atoms with Gasteiger partial charge in [0.1, 0.15) is 5.82 Å². The molecule has 2 aromatic rings. The molecule has 1 amide bonds. The molecule has 6 nitrogen and oxygen atoms in total. The highest BCUT2D eigenvalue weighted by Gasteiger charge is 2.24. The van der Waals surface area contributed by atoms with Crippen molar-refractivity contribution >= 4 is 22.6 Å². The number of benzene rings is 1. The summed E-state index contributed by atoms with van der Waals surface area (Å²) in [6, 6.07) is 9.53. The topological polar surface area (TPSA) is 75.4 Å². The summed E-state index contributed by atoms with van der Waals surface area (Å²) in [6.45, 7) is 4.89. The SMILES string of the molecule is Cc1nsc(N2CCN(C(=O)CC(N)c3ccccc3)CC2)n1. The number of carbonyl (C=O) groups is 1. The average Bonchev–Trinajstić information content (AvgIpc) is 3.02. The molecule has 0 aliphatic carbocycles. The van der Waals surface area contributed by atoms with Gasteiger partial charge in [-0.15, -0.1) is 0 Å². The number of hydrogen-bond donors (Lipinski definition) is 1. The van der Waals surface area contributed by atoms with Crippen LogP contribution in [0.4, 0.5) is 5.13 Å². The van der Waals surface area contributed by atoms with E-state index in [1.165, 1.54) is 11.5 Å². The van der Waals surface area contributed by atoms with Crippen molar-refractivity contribution in [1.29, 1.82) is 0 Å². The largest absolute Gasteiger partial charge is 0.343 e. The Labute approximate surface area is 140 Å². The van der Waals surface area contributed by atoms with Gasteiger partial charge < -0.3 is 15.5 Å². The molecule has 0 bridgehead atoms. The van der Waals surface area contributed by atoms with Gasteiger partial charge in [0.2, 0.25) is 11.0 Å². The van der Waals surface area contributed by atoms with Crippen LogP contribution in [0.5, 0.6) is 0 Å². The van der Waals surface area contributed by atoms with Gasteiger partial charge in [0, 0.05) is 50.2 Å². The third kappa shape index (κ3) is 3.86. The lowest BCUT2D eigenvalue weighted by Crippen LogP contribution is -2.49. The van der Waals surface area contributed by atoms with Crippen LogP contribution in [-0.4, -0.2) is 46.3 Å². The minimum Gasteiger partial charge on any atom is -0.343 e. The second-order valence-corrected chi connectivity index (χ2v) is 6.44. The van der Waals surface area contributed by atoms with E-state index < -0.39 is 0 Å². The Morgan fingerprint density at radius 2 is 1.96 bits per heavy atom. The molecular formula is C16H21N5OS. The summed E-state index contributed by atoms with van der Waals surface area (Å²) in [6.07, 6.45) is 0.349. The van der Waals surface area contributed by atoms with Gasteiger partial charge in [-0.1, -0.05) is 30.3 Å². The van der Waals surface area contributed by atoms with Crippen LogP contribution < -0.4 is 10.6 Å². The number of piperazine rings is 1. The fourth-order valence-corrected chi connectivity index (χ4v) is 3.42. The predicted octanol–water partition coefficient (Wildman–Crippen LogP) is 1.59. The standard InChI is InChI=1S/C16H21N5OS/c1-12-18-16(23-19-12)21-9-7-20(8-10-21)15(22)11-14(17)13-5-3-2-4-6-13/h2-6,14H,7-11,17H2,1H3. The third-order valence-corrected chi connectivity index (χ3v) is 4.91. The molecule has 1 aliphatic heterocycles. The monoisotopic (exact) mass is 331 g/mol. The zero-order valence-electron chi connectivity index (χ0n) is 13.2. The Bertz CT molecular complexity index is 652. The van der Waals surface area contributed by atoms with Gasteiger partial charge in [0.05, 0.1) is 0 Å². The highest BCUT2D eigenvalue weighted by Crippen LogP contribution is 2.20. The van der Waals surface area contributed by atoms with Crippen molar-refractivity contribution in [1.82, 2.24) is 14.3 Å². The third-order valence-electron chi connectivity index (χ3n) is 4.04. The van der Waals surface area contributed by atoms with E-state index in [-0.39, 0.29) is 11.9 Å². The van der Waals surface area contributed by atoms with Gasteiger partial charge >= 0.3 is 0 Å². The molecule has 0 radical (unpaired) electrons. The molecule has 1 aromatic heterocycles. The van der Waals surface area contributed by atoms with Crippen LogP contribution in [0.1, 0.15) is 23.9 Å². The maximum atomic E-state index is 12.4. The van der Waals surface area contributed by atoms with Gasteiger partial charge in [-0.25, -0.2) is 4.98 Å². The number of amides is 1. The number of carbonyl (C=O) groups excluding carboxylic acids is 1. The fraction of sp³-hybridized carbons (Fsp3) is 0.438. The maximum absolute atomic E-state index is 12.4. The highest BCUT2D eigenvalue weighted by atomic mass is 32.1. The van der Waals surface area contributed by atoms with E-state index in [4.69, 9.17) is 5.73 Å². The van der Waals surface area contributed by atoms with Crippen molar-refractivity contribution < 1.29 is 4.79 Å². The second-order valence-electron chi connectivity index (χ2n) is 5.71. The first-order valence-electron chi connectivity index (χ1n) is 7.77. The van der Waals surface area contributed by atoms with Crippen molar-refractivity contribution in [2.45, 2.75) is 19.4 Å². The van der Waals surface area contributed by atoms with Crippen LogP contribution in [0.25, 0.3) is 0 Å². The smallest absolute Gasteiger partial charge is 0.224 e. The van der Waals surface area contributed by atoms with Crippen molar-refractivity contribution in [3.8, 4) is 0 Å². The number of anilines is 1. The summed E-state index contributed by atoms with van der Waals surface area (Å²) in [4.78, 5) is 20.9. The molecule has 1 aromatic carbocycles. The first-order chi connectivity index (χ1) is 11.1. The molecule has 23 heavy (non-hydrogen) atoms. The molecule has 2 heterocycles. The molecule has 1 saturated heterocycles. The second kappa shape index (κ2) is 7.06. The summed E-state index contributed by atoms with van der Waals surface area (Å²) in [5.74, 6) is 0.923. The Hall–Kier alpha value is -1.99. The minimum atomic E-state index is -0.243. The molecule has 1 fully saturated rings. The van der Waals surface area contributed by atoms with Crippen molar-refractivity contribution in [2.24, 2.45) is 5.73 Å². The van der Waals surface area contributed by atoms with E-state index in [1.807, 2.05) is 42.2 Å². The number of nitrogens with zero attached hydrogens (tertiary/aromatic N) is 4. The van der Waals surface area contributed by atoms with E-state index in [0.29, 0.717) is 19.5 Å². The Kier molecular flexibility index (Phi) is 4.88. The minimum absolute atomic E-state index is 0.120. The van der Waals surface area contributed by atoms with E-state index in [2.05, 4.69) is 14.3 Å². The van der Waals surface area contributed by atoms with E-state index >= 15 is 0 Å². The summed E-state index contributed by atoms with van der Waals surface area (Å²) in [5.41, 5.74) is 7.15. The van der Waals surface area contributed by atoms with Crippen LogP contribution in [0.2, 0.25) is 0 Å². The molecule has 1 atom stereocenters. The zero-order chi connectivity index (χ0) is 16.2. The van der Waals surface area contributed by atoms with Crippen LogP contribution in [0.3, 0.4) is 0 Å². The van der Waals surface area contributed by atoms with Crippen LogP contribution in [0.15, 0.2) is 30.3 Å². The van der Waals surface area contributed by atoms with Crippen molar-refractivity contribution in [3.05, 3.63) is 41.7 Å². The van der Waals surface area contributed by atoms with Crippen molar-refractivity contribution in [3.63, 3.8) is 0 Å². The molecule has 1 aliphatic rings. The molecule has 122 valence electrons. The molecule has 7 heteroatoms. The number of aryl methyl sites for hydroxylation is 1. The number of rotatable bonds is 4. The quantitative estimate of drug-likeness (QED) is 0.921. The lowest BCUT2D eigenvalue weighted by Gasteiger charge is -2.34. The first-order valence-corrected chi connectivity index (χ1v) is 8.54.